The molecule has 4 nitrogen and oxygen atoms in total. The van der Waals surface area contributed by atoms with Crippen molar-refractivity contribution in [2.24, 2.45) is 0 Å². The third kappa shape index (κ3) is 5.00. The summed E-state index contributed by atoms with van der Waals surface area (Å²) in [5, 5.41) is 0. The molecule has 0 spiro atoms. The summed E-state index contributed by atoms with van der Waals surface area (Å²) >= 11 is 0. The van der Waals surface area contributed by atoms with E-state index < -0.39 is 10.0 Å². The first-order valence-corrected chi connectivity index (χ1v) is 10.9. The zero-order valence-corrected chi connectivity index (χ0v) is 17.0. The quantitative estimate of drug-likeness (QED) is 0.506. The SMILES string of the molecule is C=CCN(Cc1cccn1Cc1ccccc1C)S(=O)(=O)Cc1ccccc1. The van der Waals surface area contributed by atoms with Gasteiger partial charge in [-0.25, -0.2) is 8.42 Å². The molecule has 0 bridgehead atoms. The van der Waals surface area contributed by atoms with Crippen LogP contribution in [0.5, 0.6) is 0 Å². The molecule has 0 radical (unpaired) electrons. The molecule has 0 aliphatic heterocycles. The summed E-state index contributed by atoms with van der Waals surface area (Å²) in [5.41, 5.74) is 4.19. The maximum absolute atomic E-state index is 13.0. The van der Waals surface area contributed by atoms with Gasteiger partial charge in [0, 0.05) is 25.0 Å². The Morgan fingerprint density at radius 1 is 1.00 bits per heavy atom. The maximum atomic E-state index is 13.0. The number of hydrogen-bond acceptors (Lipinski definition) is 2. The molecule has 2 aromatic carbocycles. The second-order valence-electron chi connectivity index (χ2n) is 6.88. The Morgan fingerprint density at radius 2 is 1.71 bits per heavy atom. The molecular weight excluding hydrogens is 368 g/mol. The first-order valence-electron chi connectivity index (χ1n) is 9.31. The number of rotatable bonds is 9. The van der Waals surface area contributed by atoms with Crippen LogP contribution in [-0.2, 0) is 28.9 Å². The van der Waals surface area contributed by atoms with Gasteiger partial charge in [0.1, 0.15) is 0 Å². The summed E-state index contributed by atoms with van der Waals surface area (Å²) in [6.45, 7) is 7.15. The van der Waals surface area contributed by atoms with E-state index in [0.29, 0.717) is 6.54 Å². The van der Waals surface area contributed by atoms with Gasteiger partial charge in [0.05, 0.1) is 12.3 Å². The van der Waals surface area contributed by atoms with Crippen molar-refractivity contribution in [3.05, 3.63) is 108 Å². The first kappa shape index (κ1) is 20.1. The molecule has 3 rings (SSSR count). The van der Waals surface area contributed by atoms with Crippen molar-refractivity contribution in [1.82, 2.24) is 8.87 Å². The van der Waals surface area contributed by atoms with Crippen molar-refractivity contribution in [3.63, 3.8) is 0 Å². The predicted octanol–water partition coefficient (Wildman–Crippen LogP) is 4.36. The number of benzene rings is 2. The minimum Gasteiger partial charge on any atom is -0.346 e. The molecule has 28 heavy (non-hydrogen) atoms. The van der Waals surface area contributed by atoms with Crippen LogP contribution in [0, 0.1) is 6.92 Å². The number of aromatic nitrogens is 1. The largest absolute Gasteiger partial charge is 0.346 e. The number of sulfonamides is 1. The molecule has 0 unspecified atom stereocenters. The van der Waals surface area contributed by atoms with E-state index >= 15 is 0 Å². The fourth-order valence-electron chi connectivity index (χ4n) is 3.20. The number of nitrogens with zero attached hydrogens (tertiary/aromatic N) is 2. The molecule has 0 saturated carbocycles. The molecule has 3 aromatic rings. The van der Waals surface area contributed by atoms with Gasteiger partial charge in [0.15, 0.2) is 0 Å². The van der Waals surface area contributed by atoms with Crippen LogP contribution in [0.25, 0.3) is 0 Å². The van der Waals surface area contributed by atoms with Gasteiger partial charge in [0.25, 0.3) is 0 Å². The molecule has 146 valence electrons. The van der Waals surface area contributed by atoms with E-state index in [2.05, 4.69) is 30.2 Å². The lowest BCUT2D eigenvalue weighted by molar-refractivity contribution is 0.426. The summed E-state index contributed by atoms with van der Waals surface area (Å²) in [6.07, 6.45) is 3.63. The zero-order chi connectivity index (χ0) is 20.0. The van der Waals surface area contributed by atoms with Crippen LogP contribution in [0.4, 0.5) is 0 Å². The van der Waals surface area contributed by atoms with Crippen molar-refractivity contribution in [2.45, 2.75) is 25.8 Å². The minimum atomic E-state index is -3.46. The second kappa shape index (κ2) is 9.04. The highest BCUT2D eigenvalue weighted by molar-refractivity contribution is 7.88. The minimum absolute atomic E-state index is 0.0137. The Morgan fingerprint density at radius 3 is 2.43 bits per heavy atom. The Labute approximate surface area is 167 Å². The molecular formula is C23H26N2O2S. The fraction of sp³-hybridized carbons (Fsp3) is 0.217. The van der Waals surface area contributed by atoms with Crippen molar-refractivity contribution >= 4 is 10.0 Å². The first-order chi connectivity index (χ1) is 13.5. The van der Waals surface area contributed by atoms with Crippen molar-refractivity contribution < 1.29 is 8.42 Å². The Balaban J connectivity index is 1.81. The molecule has 0 amide bonds. The number of aryl methyl sites for hydroxylation is 1. The molecule has 0 aliphatic carbocycles. The standard InChI is InChI=1S/C23H26N2O2S/c1-3-15-25(28(26,27)19-21-11-5-4-6-12-21)18-23-14-9-16-24(23)17-22-13-8-7-10-20(22)2/h3-14,16H,1,15,17-19H2,2H3. The Hall–Kier alpha value is -2.63. The normalized spacial score (nSPS) is 11.6. The summed E-state index contributed by atoms with van der Waals surface area (Å²) in [7, 11) is -3.46. The lowest BCUT2D eigenvalue weighted by atomic mass is 10.1. The van der Waals surface area contributed by atoms with E-state index in [-0.39, 0.29) is 12.3 Å². The molecule has 0 aliphatic rings. The van der Waals surface area contributed by atoms with Crippen LogP contribution >= 0.6 is 0 Å². The summed E-state index contributed by atoms with van der Waals surface area (Å²) in [6, 6.07) is 21.5. The monoisotopic (exact) mass is 394 g/mol. The topological polar surface area (TPSA) is 42.3 Å². The van der Waals surface area contributed by atoms with Crippen LogP contribution in [0.1, 0.15) is 22.4 Å². The molecule has 1 heterocycles. The van der Waals surface area contributed by atoms with E-state index in [0.717, 1.165) is 17.8 Å². The van der Waals surface area contributed by atoms with Crippen molar-refractivity contribution in [2.75, 3.05) is 6.54 Å². The highest BCUT2D eigenvalue weighted by atomic mass is 32.2. The summed E-state index contributed by atoms with van der Waals surface area (Å²) < 4.78 is 29.6. The molecule has 5 heteroatoms. The lowest BCUT2D eigenvalue weighted by Crippen LogP contribution is -2.32. The number of hydrogen-bond donors (Lipinski definition) is 0. The fourth-order valence-corrected chi connectivity index (χ4v) is 4.65. The van der Waals surface area contributed by atoms with Gasteiger partial charge in [-0.15, -0.1) is 6.58 Å². The van der Waals surface area contributed by atoms with E-state index in [1.807, 2.05) is 60.8 Å². The van der Waals surface area contributed by atoms with Crippen LogP contribution in [-0.4, -0.2) is 23.8 Å². The predicted molar refractivity (Wildman–Crippen MR) is 114 cm³/mol. The van der Waals surface area contributed by atoms with E-state index in [1.54, 1.807) is 6.08 Å². The van der Waals surface area contributed by atoms with E-state index in [4.69, 9.17) is 0 Å². The van der Waals surface area contributed by atoms with Crippen molar-refractivity contribution in [1.29, 1.82) is 0 Å². The van der Waals surface area contributed by atoms with Gasteiger partial charge in [-0.3, -0.25) is 0 Å². The summed E-state index contributed by atoms with van der Waals surface area (Å²) in [5.74, 6) is -0.0137. The highest BCUT2D eigenvalue weighted by Gasteiger charge is 2.23. The van der Waals surface area contributed by atoms with E-state index in [1.165, 1.54) is 15.4 Å². The van der Waals surface area contributed by atoms with Crippen LogP contribution < -0.4 is 0 Å². The van der Waals surface area contributed by atoms with Crippen LogP contribution in [0.2, 0.25) is 0 Å². The van der Waals surface area contributed by atoms with Crippen LogP contribution in [0.15, 0.2) is 85.6 Å². The third-order valence-electron chi connectivity index (χ3n) is 4.78. The summed E-state index contributed by atoms with van der Waals surface area (Å²) in [4.78, 5) is 0. The van der Waals surface area contributed by atoms with Gasteiger partial charge in [0.2, 0.25) is 10.0 Å². The average Bonchev–Trinajstić information content (AvgIpc) is 3.10. The van der Waals surface area contributed by atoms with E-state index in [9.17, 15) is 8.42 Å². The molecule has 0 fully saturated rings. The lowest BCUT2D eigenvalue weighted by Gasteiger charge is -2.22. The van der Waals surface area contributed by atoms with Gasteiger partial charge in [-0.2, -0.15) is 4.31 Å². The Bertz CT molecular complexity index is 1020. The van der Waals surface area contributed by atoms with Gasteiger partial charge >= 0.3 is 0 Å². The Kier molecular flexibility index (Phi) is 6.49. The molecule has 0 atom stereocenters. The van der Waals surface area contributed by atoms with Crippen molar-refractivity contribution in [3.8, 4) is 0 Å². The van der Waals surface area contributed by atoms with Crippen LogP contribution in [0.3, 0.4) is 0 Å². The maximum Gasteiger partial charge on any atom is 0.218 e. The average molecular weight is 395 g/mol. The second-order valence-corrected chi connectivity index (χ2v) is 8.85. The molecule has 0 saturated heterocycles. The van der Waals surface area contributed by atoms with Gasteiger partial charge in [-0.05, 0) is 35.7 Å². The van der Waals surface area contributed by atoms with Gasteiger partial charge < -0.3 is 4.57 Å². The van der Waals surface area contributed by atoms with Gasteiger partial charge in [-0.1, -0.05) is 60.7 Å². The molecule has 0 N–H and O–H groups in total. The molecule has 1 aromatic heterocycles. The third-order valence-corrected chi connectivity index (χ3v) is 6.54. The smallest absolute Gasteiger partial charge is 0.218 e. The zero-order valence-electron chi connectivity index (χ0n) is 16.2. The highest BCUT2D eigenvalue weighted by Crippen LogP contribution is 2.17.